The van der Waals surface area contributed by atoms with E-state index < -0.39 is 0 Å². The third kappa shape index (κ3) is 4.35. The molecule has 0 unspecified atom stereocenters. The lowest BCUT2D eigenvalue weighted by Gasteiger charge is -2.15. The van der Waals surface area contributed by atoms with Gasteiger partial charge in [-0.3, -0.25) is 4.79 Å². The SMILES string of the molecule is CCOc1cc(/C=N\NC(=O)[C@@H]2[C@H]3CCCC[C@@]32C)ccc1OCc1ccccc1. The number of nitrogens with one attached hydrogen (secondary N) is 1. The number of carbonyl (C=O) groups is 1. The maximum Gasteiger partial charge on any atom is 0.244 e. The Hall–Kier alpha value is -2.82. The van der Waals surface area contributed by atoms with Crippen molar-refractivity contribution in [2.24, 2.45) is 22.4 Å². The van der Waals surface area contributed by atoms with Gasteiger partial charge in [0.05, 0.1) is 12.8 Å². The van der Waals surface area contributed by atoms with Crippen molar-refractivity contribution in [1.82, 2.24) is 5.43 Å². The fraction of sp³-hybridized carbons (Fsp3) is 0.440. The van der Waals surface area contributed by atoms with Crippen LogP contribution >= 0.6 is 0 Å². The summed E-state index contributed by atoms with van der Waals surface area (Å²) >= 11 is 0. The van der Waals surface area contributed by atoms with E-state index in [0.29, 0.717) is 30.6 Å². The van der Waals surface area contributed by atoms with Crippen molar-refractivity contribution in [1.29, 1.82) is 0 Å². The molecule has 0 saturated heterocycles. The molecule has 158 valence electrons. The fourth-order valence-electron chi connectivity index (χ4n) is 4.82. The summed E-state index contributed by atoms with van der Waals surface area (Å²) in [6, 6.07) is 15.7. The quantitative estimate of drug-likeness (QED) is 0.499. The molecule has 0 heterocycles. The average molecular weight is 407 g/mol. The predicted molar refractivity (Wildman–Crippen MR) is 118 cm³/mol. The maximum absolute atomic E-state index is 12.5. The molecule has 30 heavy (non-hydrogen) atoms. The Balaban J connectivity index is 1.36. The van der Waals surface area contributed by atoms with Crippen molar-refractivity contribution in [3.63, 3.8) is 0 Å². The van der Waals surface area contributed by atoms with E-state index in [4.69, 9.17) is 9.47 Å². The molecule has 0 aromatic heterocycles. The van der Waals surface area contributed by atoms with Gasteiger partial charge in [0.15, 0.2) is 11.5 Å². The smallest absolute Gasteiger partial charge is 0.244 e. The van der Waals surface area contributed by atoms with E-state index in [9.17, 15) is 4.79 Å². The maximum atomic E-state index is 12.5. The lowest BCUT2D eigenvalue weighted by atomic mass is 9.90. The Morgan fingerprint density at radius 2 is 2.00 bits per heavy atom. The number of fused-ring (bicyclic) bond motifs is 1. The zero-order valence-corrected chi connectivity index (χ0v) is 17.8. The van der Waals surface area contributed by atoms with E-state index in [1.165, 1.54) is 19.3 Å². The minimum Gasteiger partial charge on any atom is -0.490 e. The summed E-state index contributed by atoms with van der Waals surface area (Å²) in [6.07, 6.45) is 6.46. The van der Waals surface area contributed by atoms with Crippen LogP contribution in [0.25, 0.3) is 0 Å². The Bertz CT molecular complexity index is 912. The summed E-state index contributed by atoms with van der Waals surface area (Å²) in [5.74, 6) is 2.06. The highest BCUT2D eigenvalue weighted by Crippen LogP contribution is 2.66. The van der Waals surface area contributed by atoms with Gasteiger partial charge in [0.1, 0.15) is 6.61 Å². The summed E-state index contributed by atoms with van der Waals surface area (Å²) in [5, 5.41) is 4.20. The van der Waals surface area contributed by atoms with E-state index in [2.05, 4.69) is 17.5 Å². The summed E-state index contributed by atoms with van der Waals surface area (Å²) in [4.78, 5) is 12.5. The van der Waals surface area contributed by atoms with Gasteiger partial charge in [-0.05, 0) is 60.4 Å². The van der Waals surface area contributed by atoms with Crippen LogP contribution in [0.2, 0.25) is 0 Å². The van der Waals surface area contributed by atoms with Crippen LogP contribution in [0.5, 0.6) is 11.5 Å². The average Bonchev–Trinajstić information content (AvgIpc) is 3.39. The van der Waals surface area contributed by atoms with Gasteiger partial charge in [-0.25, -0.2) is 5.43 Å². The number of benzene rings is 2. The van der Waals surface area contributed by atoms with Gasteiger partial charge >= 0.3 is 0 Å². The van der Waals surface area contributed by atoms with Crippen molar-refractivity contribution >= 4 is 12.1 Å². The molecule has 1 amide bonds. The Morgan fingerprint density at radius 1 is 1.17 bits per heavy atom. The van der Waals surface area contributed by atoms with Crippen LogP contribution in [-0.4, -0.2) is 18.7 Å². The monoisotopic (exact) mass is 406 g/mol. The highest BCUT2D eigenvalue weighted by Gasteiger charge is 2.64. The minimum atomic E-state index is 0.0495. The summed E-state index contributed by atoms with van der Waals surface area (Å²) < 4.78 is 11.7. The summed E-state index contributed by atoms with van der Waals surface area (Å²) in [6.45, 7) is 5.21. The number of hydrogen-bond donors (Lipinski definition) is 1. The van der Waals surface area contributed by atoms with E-state index in [1.807, 2.05) is 55.5 Å². The van der Waals surface area contributed by atoms with Gasteiger partial charge in [0, 0.05) is 5.92 Å². The molecule has 0 radical (unpaired) electrons. The van der Waals surface area contributed by atoms with Gasteiger partial charge in [-0.1, -0.05) is 50.1 Å². The number of ether oxygens (including phenoxy) is 2. The zero-order chi connectivity index (χ0) is 21.0. The molecular formula is C25H30N2O3. The molecule has 3 atom stereocenters. The number of amides is 1. The second-order valence-electron chi connectivity index (χ2n) is 8.48. The van der Waals surface area contributed by atoms with Gasteiger partial charge in [0.2, 0.25) is 5.91 Å². The Kier molecular flexibility index (Phi) is 6.07. The topological polar surface area (TPSA) is 59.9 Å². The number of rotatable bonds is 8. The molecule has 2 fully saturated rings. The number of carbonyl (C=O) groups excluding carboxylic acids is 1. The van der Waals surface area contributed by atoms with E-state index >= 15 is 0 Å². The Morgan fingerprint density at radius 3 is 2.73 bits per heavy atom. The van der Waals surface area contributed by atoms with Crippen molar-refractivity contribution in [3.05, 3.63) is 59.7 Å². The van der Waals surface area contributed by atoms with Gasteiger partial charge in [-0.15, -0.1) is 0 Å². The zero-order valence-electron chi connectivity index (χ0n) is 17.8. The van der Waals surface area contributed by atoms with E-state index in [0.717, 1.165) is 17.5 Å². The lowest BCUT2D eigenvalue weighted by Crippen LogP contribution is -2.22. The molecule has 2 aromatic carbocycles. The van der Waals surface area contributed by atoms with Crippen molar-refractivity contribution in [3.8, 4) is 11.5 Å². The van der Waals surface area contributed by atoms with E-state index in [-0.39, 0.29) is 17.2 Å². The molecule has 2 aromatic rings. The first-order valence-corrected chi connectivity index (χ1v) is 10.9. The number of hydrazone groups is 1. The van der Waals surface area contributed by atoms with Crippen molar-refractivity contribution in [2.75, 3.05) is 6.61 Å². The molecule has 1 N–H and O–H groups in total. The number of nitrogens with zero attached hydrogens (tertiary/aromatic N) is 1. The Labute approximate surface area is 178 Å². The van der Waals surface area contributed by atoms with Gasteiger partial charge in [-0.2, -0.15) is 5.10 Å². The van der Waals surface area contributed by atoms with Crippen LogP contribution < -0.4 is 14.9 Å². The van der Waals surface area contributed by atoms with Crippen LogP contribution in [-0.2, 0) is 11.4 Å². The highest BCUT2D eigenvalue weighted by atomic mass is 16.5. The van der Waals surface area contributed by atoms with Gasteiger partial charge in [0.25, 0.3) is 0 Å². The fourth-order valence-corrected chi connectivity index (χ4v) is 4.82. The number of hydrogen-bond acceptors (Lipinski definition) is 4. The van der Waals surface area contributed by atoms with Crippen LogP contribution in [0.4, 0.5) is 0 Å². The molecule has 2 aliphatic rings. The van der Waals surface area contributed by atoms with Gasteiger partial charge < -0.3 is 9.47 Å². The predicted octanol–water partition coefficient (Wildman–Crippen LogP) is 4.94. The third-order valence-electron chi connectivity index (χ3n) is 6.51. The lowest BCUT2D eigenvalue weighted by molar-refractivity contribution is -0.123. The van der Waals surface area contributed by atoms with E-state index in [1.54, 1.807) is 6.21 Å². The summed E-state index contributed by atoms with van der Waals surface area (Å²) in [7, 11) is 0. The first-order valence-electron chi connectivity index (χ1n) is 10.9. The minimum absolute atomic E-state index is 0.0495. The molecular weight excluding hydrogens is 376 g/mol. The second kappa shape index (κ2) is 8.90. The van der Waals surface area contributed by atoms with Crippen LogP contribution in [0.1, 0.15) is 50.7 Å². The molecule has 0 spiro atoms. The molecule has 0 bridgehead atoms. The second-order valence-corrected chi connectivity index (χ2v) is 8.48. The molecule has 2 saturated carbocycles. The largest absolute Gasteiger partial charge is 0.490 e. The molecule has 2 aliphatic carbocycles. The molecule has 0 aliphatic heterocycles. The van der Waals surface area contributed by atoms with Crippen LogP contribution in [0.15, 0.2) is 53.6 Å². The first-order chi connectivity index (χ1) is 14.6. The highest BCUT2D eigenvalue weighted by molar-refractivity contribution is 5.86. The third-order valence-corrected chi connectivity index (χ3v) is 6.51. The van der Waals surface area contributed by atoms with Crippen LogP contribution in [0, 0.1) is 17.3 Å². The van der Waals surface area contributed by atoms with Crippen LogP contribution in [0.3, 0.4) is 0 Å². The molecule has 5 heteroatoms. The van der Waals surface area contributed by atoms with Crippen molar-refractivity contribution in [2.45, 2.75) is 46.1 Å². The normalized spacial score (nSPS) is 24.9. The standard InChI is InChI=1S/C25H30N2O3/c1-3-29-22-15-19(12-13-21(22)30-17-18-9-5-4-6-10-18)16-26-27-24(28)23-20-11-7-8-14-25(20,23)2/h4-6,9-10,12-13,15-16,20,23H,3,7-8,11,14,17H2,1-2H3,(H,27,28)/b26-16-/t20-,23+,25+/m1/s1. The molecule has 5 nitrogen and oxygen atoms in total. The molecule has 4 rings (SSSR count). The van der Waals surface area contributed by atoms with Crippen molar-refractivity contribution < 1.29 is 14.3 Å². The first kappa shape index (κ1) is 20.5. The summed E-state index contributed by atoms with van der Waals surface area (Å²) in [5.41, 5.74) is 4.89.